The molecule has 0 saturated carbocycles. The van der Waals surface area contributed by atoms with Crippen LogP contribution in [0.1, 0.15) is 65.2 Å². The Labute approximate surface area is 225 Å². The Morgan fingerprint density at radius 3 is 2.03 bits per heavy atom. The second-order valence-electron chi connectivity index (χ2n) is 9.67. The molecule has 0 amide bonds. The van der Waals surface area contributed by atoms with Crippen LogP contribution in [-0.4, -0.2) is 70.7 Å². The molecule has 9 heteroatoms. The number of phosphoric acid groups is 1. The first-order valence-corrected chi connectivity index (χ1v) is 14.8. The summed E-state index contributed by atoms with van der Waals surface area (Å²) < 4.78 is 33.4. The Hall–Kier alpha value is -1.54. The summed E-state index contributed by atoms with van der Waals surface area (Å²) >= 11 is 0. The molecule has 0 bridgehead atoms. The molecule has 37 heavy (non-hydrogen) atoms. The summed E-state index contributed by atoms with van der Waals surface area (Å²) in [6.45, 7) is 4.70. The minimum Gasteiger partial charge on any atom is -0.756 e. The van der Waals surface area contributed by atoms with Crippen molar-refractivity contribution in [2.75, 3.05) is 54.1 Å². The van der Waals surface area contributed by atoms with Crippen LogP contribution in [-0.2, 0) is 27.9 Å². The van der Waals surface area contributed by atoms with E-state index in [9.17, 15) is 14.3 Å². The van der Waals surface area contributed by atoms with Crippen LogP contribution in [0.15, 0.2) is 48.6 Å². The average Bonchev–Trinajstić information content (AvgIpc) is 2.81. The van der Waals surface area contributed by atoms with Gasteiger partial charge in [0.05, 0.1) is 34.4 Å². The van der Waals surface area contributed by atoms with Crippen molar-refractivity contribution < 1.29 is 37.3 Å². The third-order valence-corrected chi connectivity index (χ3v) is 5.83. The molecule has 0 aromatic rings. The first kappa shape index (κ1) is 35.5. The van der Waals surface area contributed by atoms with Gasteiger partial charge in [0, 0.05) is 13.0 Å². The Bertz CT molecular complexity index is 741. The van der Waals surface area contributed by atoms with Crippen LogP contribution in [0.25, 0.3) is 0 Å². The van der Waals surface area contributed by atoms with Crippen molar-refractivity contribution >= 4 is 13.8 Å². The van der Waals surface area contributed by atoms with E-state index in [2.05, 4.69) is 55.5 Å². The summed E-state index contributed by atoms with van der Waals surface area (Å²) in [7, 11) is 1.30. The lowest BCUT2D eigenvalue weighted by Gasteiger charge is -2.28. The van der Waals surface area contributed by atoms with E-state index in [1.54, 1.807) is 0 Å². The first-order valence-electron chi connectivity index (χ1n) is 13.4. The zero-order chi connectivity index (χ0) is 27.8. The van der Waals surface area contributed by atoms with Gasteiger partial charge < -0.3 is 27.9 Å². The molecule has 0 aromatic carbocycles. The monoisotopic (exact) mass is 543 g/mol. The van der Waals surface area contributed by atoms with Crippen LogP contribution < -0.4 is 4.89 Å². The maximum atomic E-state index is 12.0. The van der Waals surface area contributed by atoms with E-state index in [0.29, 0.717) is 24.1 Å². The molecule has 0 saturated heterocycles. The molecule has 214 valence electrons. The van der Waals surface area contributed by atoms with Crippen LogP contribution in [0.2, 0.25) is 0 Å². The second-order valence-corrected chi connectivity index (χ2v) is 11.1. The molecule has 0 fully saturated rings. The van der Waals surface area contributed by atoms with Crippen LogP contribution in [0.3, 0.4) is 0 Å². The van der Waals surface area contributed by atoms with Gasteiger partial charge in [0.15, 0.2) is 0 Å². The number of hydrogen-bond acceptors (Lipinski definition) is 7. The van der Waals surface area contributed by atoms with E-state index in [1.165, 1.54) is 0 Å². The Kier molecular flexibility index (Phi) is 21.5. The standard InChI is InChI=1S/C28H50NO7P/c1-6-8-9-10-11-12-13-14-15-16-17-18-19-20-23-33-25-27(36-28(30)21-7-2)26-35-37(31,32)34-24-22-29(3,4)5/h8-9,11-12,14-15,17-18,27H,6-7,10,13,16,19-26H2,1-5H3/b9-8-,12-11-,15-14-,18-17-. The predicted octanol–water partition coefficient (Wildman–Crippen LogP) is 5.51. The van der Waals surface area contributed by atoms with Gasteiger partial charge in [-0.15, -0.1) is 0 Å². The molecule has 2 unspecified atom stereocenters. The van der Waals surface area contributed by atoms with Crippen molar-refractivity contribution in [3.05, 3.63) is 48.6 Å². The number of allylic oxidation sites excluding steroid dienone is 8. The molecule has 0 spiro atoms. The van der Waals surface area contributed by atoms with E-state index in [0.717, 1.165) is 38.5 Å². The largest absolute Gasteiger partial charge is 0.756 e. The topological polar surface area (TPSA) is 94.1 Å². The Morgan fingerprint density at radius 1 is 0.865 bits per heavy atom. The minimum atomic E-state index is -4.50. The smallest absolute Gasteiger partial charge is 0.306 e. The summed E-state index contributed by atoms with van der Waals surface area (Å²) in [5, 5.41) is 0. The van der Waals surface area contributed by atoms with Crippen LogP contribution in [0, 0.1) is 0 Å². The molecule has 2 atom stereocenters. The highest BCUT2D eigenvalue weighted by atomic mass is 31.2. The van der Waals surface area contributed by atoms with E-state index >= 15 is 0 Å². The molecule has 0 aliphatic heterocycles. The SMILES string of the molecule is CC/C=C\C/C=C\C/C=C\C/C=C\CCCOCC(COP(=O)([O-])OCC[N+](C)(C)C)OC(=O)CCC. The van der Waals surface area contributed by atoms with Gasteiger partial charge >= 0.3 is 5.97 Å². The van der Waals surface area contributed by atoms with E-state index in [4.69, 9.17) is 18.5 Å². The van der Waals surface area contributed by atoms with Gasteiger partial charge in [0.2, 0.25) is 0 Å². The number of hydrogen-bond donors (Lipinski definition) is 0. The second kappa shape index (κ2) is 22.4. The summed E-state index contributed by atoms with van der Waals surface area (Å²) in [5.74, 6) is -0.411. The molecule has 0 aliphatic carbocycles. The van der Waals surface area contributed by atoms with Gasteiger partial charge in [0.1, 0.15) is 19.3 Å². The maximum Gasteiger partial charge on any atom is 0.306 e. The van der Waals surface area contributed by atoms with Crippen LogP contribution in [0.5, 0.6) is 0 Å². The highest BCUT2D eigenvalue weighted by Crippen LogP contribution is 2.38. The van der Waals surface area contributed by atoms with Crippen molar-refractivity contribution in [2.45, 2.75) is 71.3 Å². The lowest BCUT2D eigenvalue weighted by atomic mass is 10.2. The lowest BCUT2D eigenvalue weighted by Crippen LogP contribution is -2.37. The summed E-state index contributed by atoms with van der Waals surface area (Å²) in [6, 6.07) is 0. The summed E-state index contributed by atoms with van der Waals surface area (Å²) in [6.07, 6.45) is 22.9. The highest BCUT2D eigenvalue weighted by molar-refractivity contribution is 7.45. The lowest BCUT2D eigenvalue weighted by molar-refractivity contribution is -0.870. The number of esters is 1. The zero-order valence-electron chi connectivity index (χ0n) is 23.6. The van der Waals surface area contributed by atoms with Gasteiger partial charge in [-0.25, -0.2) is 0 Å². The van der Waals surface area contributed by atoms with Crippen LogP contribution in [0.4, 0.5) is 0 Å². The molecule has 0 N–H and O–H groups in total. The molecular weight excluding hydrogens is 493 g/mol. The Balaban J connectivity index is 4.22. The van der Waals surface area contributed by atoms with Crippen LogP contribution >= 0.6 is 7.82 Å². The predicted molar refractivity (Wildman–Crippen MR) is 148 cm³/mol. The quantitative estimate of drug-likeness (QED) is 0.0552. The number of phosphoric ester groups is 1. The molecule has 0 heterocycles. The number of rotatable bonds is 23. The maximum absolute atomic E-state index is 12.0. The van der Waals surface area contributed by atoms with Gasteiger partial charge in [-0.3, -0.25) is 9.36 Å². The number of nitrogens with zero attached hydrogens (tertiary/aromatic N) is 1. The molecule has 8 nitrogen and oxygen atoms in total. The van der Waals surface area contributed by atoms with E-state index in [-0.39, 0.29) is 26.2 Å². The number of carbonyl (C=O) groups excluding carboxylic acids is 1. The third kappa shape index (κ3) is 25.9. The number of carbonyl (C=O) groups is 1. The summed E-state index contributed by atoms with van der Waals surface area (Å²) in [4.78, 5) is 23.9. The Morgan fingerprint density at radius 2 is 1.46 bits per heavy atom. The first-order chi connectivity index (χ1) is 17.6. The van der Waals surface area contributed by atoms with Gasteiger partial charge in [-0.05, 0) is 44.9 Å². The normalized spacial score (nSPS) is 15.3. The van der Waals surface area contributed by atoms with Crippen molar-refractivity contribution in [1.82, 2.24) is 0 Å². The fourth-order valence-corrected chi connectivity index (χ4v) is 3.55. The van der Waals surface area contributed by atoms with Crippen molar-refractivity contribution in [3.63, 3.8) is 0 Å². The fraction of sp³-hybridized carbons (Fsp3) is 0.679. The minimum absolute atomic E-state index is 0.0123. The zero-order valence-corrected chi connectivity index (χ0v) is 24.5. The number of unbranched alkanes of at least 4 members (excludes halogenated alkanes) is 1. The van der Waals surface area contributed by atoms with Gasteiger partial charge in [0.25, 0.3) is 7.82 Å². The molecule has 0 aromatic heterocycles. The van der Waals surface area contributed by atoms with Gasteiger partial charge in [-0.1, -0.05) is 62.5 Å². The molecule has 0 rings (SSSR count). The van der Waals surface area contributed by atoms with E-state index in [1.807, 2.05) is 28.1 Å². The van der Waals surface area contributed by atoms with Crippen molar-refractivity contribution in [2.24, 2.45) is 0 Å². The van der Waals surface area contributed by atoms with Gasteiger partial charge in [-0.2, -0.15) is 0 Å². The number of quaternary nitrogens is 1. The molecule has 0 aliphatic rings. The van der Waals surface area contributed by atoms with E-state index < -0.39 is 19.9 Å². The molecular formula is C28H50NO7P. The third-order valence-electron chi connectivity index (χ3n) is 4.86. The average molecular weight is 544 g/mol. The van der Waals surface area contributed by atoms with Crippen molar-refractivity contribution in [1.29, 1.82) is 0 Å². The van der Waals surface area contributed by atoms with Crippen molar-refractivity contribution in [3.8, 4) is 0 Å². The molecule has 0 radical (unpaired) electrons. The highest BCUT2D eigenvalue weighted by Gasteiger charge is 2.20. The summed E-state index contributed by atoms with van der Waals surface area (Å²) in [5.41, 5.74) is 0. The number of likely N-dealkylation sites (N-methyl/N-ethyl adjacent to an activating group) is 1. The number of ether oxygens (including phenoxy) is 2. The fourth-order valence-electron chi connectivity index (χ4n) is 2.82.